The van der Waals surface area contributed by atoms with E-state index in [4.69, 9.17) is 4.74 Å². The summed E-state index contributed by atoms with van der Waals surface area (Å²) in [6.45, 7) is 0. The maximum absolute atomic E-state index is 12.0. The summed E-state index contributed by atoms with van der Waals surface area (Å²) in [6.07, 6.45) is 1.76. The Morgan fingerprint density at radius 3 is 2.58 bits per heavy atom. The van der Waals surface area contributed by atoms with E-state index < -0.39 is 11.1 Å². The van der Waals surface area contributed by atoms with Gasteiger partial charge < -0.3 is 4.74 Å². The van der Waals surface area contributed by atoms with Crippen LogP contribution in [0.3, 0.4) is 0 Å². The van der Waals surface area contributed by atoms with E-state index in [2.05, 4.69) is 5.32 Å². The minimum Gasteiger partial charge on any atom is -0.426 e. The summed E-state index contributed by atoms with van der Waals surface area (Å²) in [6, 6.07) is 16.1. The number of amides is 2. The number of imide groups is 1. The van der Waals surface area contributed by atoms with Gasteiger partial charge in [-0.05, 0) is 41.1 Å². The Morgan fingerprint density at radius 2 is 1.88 bits per heavy atom. The molecule has 2 amide bonds. The van der Waals surface area contributed by atoms with Crippen molar-refractivity contribution in [2.45, 2.75) is 6.42 Å². The van der Waals surface area contributed by atoms with Crippen LogP contribution >= 0.6 is 11.8 Å². The van der Waals surface area contributed by atoms with E-state index in [0.29, 0.717) is 16.2 Å². The Bertz CT molecular complexity index is 830. The minimum atomic E-state index is -0.420. The van der Waals surface area contributed by atoms with Crippen LogP contribution in [0.15, 0.2) is 59.5 Å². The van der Waals surface area contributed by atoms with Gasteiger partial charge >= 0.3 is 5.97 Å². The van der Waals surface area contributed by atoms with Crippen LogP contribution in [0.1, 0.15) is 11.1 Å². The molecule has 0 radical (unpaired) electrons. The molecule has 0 atom stereocenters. The lowest BCUT2D eigenvalue weighted by Gasteiger charge is -2.05. The van der Waals surface area contributed by atoms with Gasteiger partial charge in [0.1, 0.15) is 5.75 Å². The zero-order valence-electron chi connectivity index (χ0n) is 12.5. The molecular weight excluding hydrogens is 326 g/mol. The Labute approximate surface area is 142 Å². The van der Waals surface area contributed by atoms with Gasteiger partial charge in [-0.1, -0.05) is 42.5 Å². The number of rotatable bonds is 4. The lowest BCUT2D eigenvalue weighted by Crippen LogP contribution is -2.17. The first-order valence-electron chi connectivity index (χ1n) is 7.20. The second kappa shape index (κ2) is 7.14. The largest absolute Gasteiger partial charge is 0.426 e. The summed E-state index contributed by atoms with van der Waals surface area (Å²) < 4.78 is 5.33. The van der Waals surface area contributed by atoms with Crippen LogP contribution in [-0.2, 0) is 16.0 Å². The van der Waals surface area contributed by atoms with Crippen molar-refractivity contribution in [1.29, 1.82) is 0 Å². The second-order valence-electron chi connectivity index (χ2n) is 5.06. The van der Waals surface area contributed by atoms with Gasteiger partial charge in [0.05, 0.1) is 11.3 Å². The van der Waals surface area contributed by atoms with E-state index in [1.165, 1.54) is 0 Å². The molecule has 1 saturated heterocycles. The fourth-order valence-electron chi connectivity index (χ4n) is 2.17. The predicted molar refractivity (Wildman–Crippen MR) is 91.3 cm³/mol. The van der Waals surface area contributed by atoms with E-state index in [1.807, 2.05) is 30.3 Å². The average molecular weight is 339 g/mol. The third-order valence-corrected chi connectivity index (χ3v) is 4.03. The number of benzene rings is 2. The van der Waals surface area contributed by atoms with Gasteiger partial charge in [-0.15, -0.1) is 0 Å². The molecule has 0 saturated carbocycles. The third-order valence-electron chi connectivity index (χ3n) is 3.22. The highest BCUT2D eigenvalue weighted by molar-refractivity contribution is 8.18. The van der Waals surface area contributed by atoms with Crippen LogP contribution in [-0.4, -0.2) is 17.1 Å². The van der Waals surface area contributed by atoms with Crippen LogP contribution in [0.5, 0.6) is 5.75 Å². The first kappa shape index (κ1) is 16.0. The molecule has 24 heavy (non-hydrogen) atoms. The number of esters is 1. The van der Waals surface area contributed by atoms with E-state index in [9.17, 15) is 14.4 Å². The normalized spacial score (nSPS) is 15.4. The molecule has 0 bridgehead atoms. The van der Waals surface area contributed by atoms with Crippen molar-refractivity contribution in [2.75, 3.05) is 0 Å². The highest BCUT2D eigenvalue weighted by atomic mass is 32.2. The summed E-state index contributed by atoms with van der Waals surface area (Å²) >= 11 is 0.844. The number of hydrogen-bond donors (Lipinski definition) is 1. The molecule has 0 spiro atoms. The number of thioether (sulfide) groups is 1. The molecule has 6 heteroatoms. The van der Waals surface area contributed by atoms with Crippen LogP contribution < -0.4 is 10.1 Å². The average Bonchev–Trinajstić information content (AvgIpc) is 2.86. The van der Waals surface area contributed by atoms with Gasteiger partial charge in [0, 0.05) is 0 Å². The zero-order valence-corrected chi connectivity index (χ0v) is 13.3. The highest BCUT2D eigenvalue weighted by Crippen LogP contribution is 2.26. The first-order chi connectivity index (χ1) is 11.6. The minimum absolute atomic E-state index is 0.179. The zero-order chi connectivity index (χ0) is 16.9. The number of carbonyl (C=O) groups is 3. The van der Waals surface area contributed by atoms with Crippen molar-refractivity contribution >= 4 is 35.0 Å². The monoisotopic (exact) mass is 339 g/mol. The van der Waals surface area contributed by atoms with Gasteiger partial charge in [0.25, 0.3) is 11.1 Å². The third kappa shape index (κ3) is 4.11. The van der Waals surface area contributed by atoms with Gasteiger partial charge in [-0.3, -0.25) is 19.7 Å². The van der Waals surface area contributed by atoms with Crippen LogP contribution in [0.2, 0.25) is 0 Å². The summed E-state index contributed by atoms with van der Waals surface area (Å²) in [5.41, 5.74) is 1.55. The van der Waals surface area contributed by atoms with E-state index in [0.717, 1.165) is 17.3 Å². The molecule has 1 aliphatic rings. The maximum atomic E-state index is 12.0. The SMILES string of the molecule is O=C(Cc1ccccc1)Oc1cccc(/C=C2\SC(=O)NC2=O)c1. The second-order valence-corrected chi connectivity index (χ2v) is 6.08. The number of ether oxygens (including phenoxy) is 1. The molecule has 120 valence electrons. The van der Waals surface area contributed by atoms with Crippen molar-refractivity contribution in [3.05, 3.63) is 70.6 Å². The smallest absolute Gasteiger partial charge is 0.315 e. The molecule has 3 rings (SSSR count). The van der Waals surface area contributed by atoms with Crippen LogP contribution in [0, 0.1) is 0 Å². The molecule has 2 aromatic carbocycles. The lowest BCUT2D eigenvalue weighted by atomic mass is 10.1. The quantitative estimate of drug-likeness (QED) is 0.526. The highest BCUT2D eigenvalue weighted by Gasteiger charge is 2.24. The number of nitrogens with one attached hydrogen (secondary N) is 1. The lowest BCUT2D eigenvalue weighted by molar-refractivity contribution is -0.133. The Morgan fingerprint density at radius 1 is 1.08 bits per heavy atom. The topological polar surface area (TPSA) is 72.5 Å². The van der Waals surface area contributed by atoms with Gasteiger partial charge in [-0.25, -0.2) is 0 Å². The molecule has 1 fully saturated rings. The van der Waals surface area contributed by atoms with E-state index >= 15 is 0 Å². The molecule has 0 unspecified atom stereocenters. The Hall–Kier alpha value is -2.86. The molecule has 2 aromatic rings. The Balaban J connectivity index is 1.69. The first-order valence-corrected chi connectivity index (χ1v) is 8.01. The van der Waals surface area contributed by atoms with Gasteiger partial charge in [-0.2, -0.15) is 0 Å². The van der Waals surface area contributed by atoms with Crippen molar-refractivity contribution in [3.8, 4) is 5.75 Å². The summed E-state index contributed by atoms with van der Waals surface area (Å²) in [5, 5.41) is 1.80. The van der Waals surface area contributed by atoms with Crippen LogP contribution in [0.4, 0.5) is 4.79 Å². The molecule has 5 nitrogen and oxygen atoms in total. The van der Waals surface area contributed by atoms with E-state index in [1.54, 1.807) is 30.3 Å². The summed E-state index contributed by atoms with van der Waals surface area (Å²) in [7, 11) is 0. The molecular formula is C18H13NO4S. The van der Waals surface area contributed by atoms with Crippen molar-refractivity contribution in [3.63, 3.8) is 0 Å². The van der Waals surface area contributed by atoms with Crippen LogP contribution in [0.25, 0.3) is 6.08 Å². The number of carbonyl (C=O) groups excluding carboxylic acids is 3. The van der Waals surface area contributed by atoms with Crippen molar-refractivity contribution < 1.29 is 19.1 Å². The molecule has 0 aliphatic carbocycles. The fourth-order valence-corrected chi connectivity index (χ4v) is 2.85. The maximum Gasteiger partial charge on any atom is 0.315 e. The molecule has 1 aliphatic heterocycles. The predicted octanol–water partition coefficient (Wildman–Crippen LogP) is 3.16. The standard InChI is InChI=1S/C18H13NO4S/c20-16(11-12-5-2-1-3-6-12)23-14-8-4-7-13(9-14)10-15-17(21)19-18(22)24-15/h1-10H,11H2,(H,19,21,22)/b15-10-. The molecule has 1 N–H and O–H groups in total. The molecule has 0 aromatic heterocycles. The van der Waals surface area contributed by atoms with Crippen molar-refractivity contribution in [1.82, 2.24) is 5.32 Å². The van der Waals surface area contributed by atoms with Gasteiger partial charge in [0.2, 0.25) is 0 Å². The molecule has 1 heterocycles. The van der Waals surface area contributed by atoms with E-state index in [-0.39, 0.29) is 12.4 Å². The van der Waals surface area contributed by atoms with Crippen molar-refractivity contribution in [2.24, 2.45) is 0 Å². The number of hydrogen-bond acceptors (Lipinski definition) is 5. The van der Waals surface area contributed by atoms with Gasteiger partial charge in [0.15, 0.2) is 0 Å². The fraction of sp³-hybridized carbons (Fsp3) is 0.0556. The summed E-state index contributed by atoms with van der Waals surface area (Å²) in [5.74, 6) is -0.398. The Kier molecular flexibility index (Phi) is 4.77. The summed E-state index contributed by atoms with van der Waals surface area (Å²) in [4.78, 5) is 35.0.